The summed E-state index contributed by atoms with van der Waals surface area (Å²) in [7, 11) is 0. The van der Waals surface area contributed by atoms with Crippen molar-refractivity contribution >= 4 is 17.5 Å². The van der Waals surface area contributed by atoms with Crippen LogP contribution >= 0.6 is 11.8 Å². The van der Waals surface area contributed by atoms with Crippen LogP contribution in [0.5, 0.6) is 0 Å². The summed E-state index contributed by atoms with van der Waals surface area (Å²) in [5, 5.41) is 0. The van der Waals surface area contributed by atoms with Gasteiger partial charge in [0.25, 0.3) is 0 Å². The zero-order valence-electron chi connectivity index (χ0n) is 13.6. The van der Waals surface area contributed by atoms with Gasteiger partial charge in [0, 0.05) is 5.41 Å². The fraction of sp³-hybridized carbons (Fsp3) is 0.938. The van der Waals surface area contributed by atoms with Crippen molar-refractivity contribution in [3.05, 3.63) is 0 Å². The fourth-order valence-electron chi connectivity index (χ4n) is 2.05. The number of hydrogen-bond donors (Lipinski definition) is 0. The van der Waals surface area contributed by atoms with E-state index in [1.807, 2.05) is 32.5 Å². The van der Waals surface area contributed by atoms with Crippen molar-refractivity contribution in [2.75, 3.05) is 5.75 Å². The van der Waals surface area contributed by atoms with Gasteiger partial charge in [0.2, 0.25) is 0 Å². The van der Waals surface area contributed by atoms with Gasteiger partial charge >= 0.3 is 0 Å². The van der Waals surface area contributed by atoms with Crippen LogP contribution in [0.4, 0.5) is 0 Å². The Morgan fingerprint density at radius 2 is 1.39 bits per heavy atom. The van der Waals surface area contributed by atoms with Gasteiger partial charge < -0.3 is 0 Å². The molecule has 0 saturated heterocycles. The highest BCUT2D eigenvalue weighted by Crippen LogP contribution is 2.34. The van der Waals surface area contributed by atoms with Gasteiger partial charge in [-0.2, -0.15) is 0 Å². The number of rotatable bonds is 6. The average Bonchev–Trinajstić information content (AvgIpc) is 2.12. The van der Waals surface area contributed by atoms with Gasteiger partial charge in [0.05, 0.1) is 4.75 Å². The number of Topliss-reactive ketones (excluding diaryl/α,β-unsaturated/α-hetero) is 1. The smallest absolute Gasteiger partial charge is 0.153 e. The topological polar surface area (TPSA) is 17.1 Å². The summed E-state index contributed by atoms with van der Waals surface area (Å²) in [5.41, 5.74) is 0.198. The molecule has 0 fully saturated rings. The van der Waals surface area contributed by atoms with Crippen molar-refractivity contribution < 1.29 is 4.79 Å². The molecule has 0 aromatic heterocycles. The van der Waals surface area contributed by atoms with E-state index in [2.05, 4.69) is 34.6 Å². The zero-order chi connectivity index (χ0) is 14.6. The van der Waals surface area contributed by atoms with E-state index in [1.165, 1.54) is 19.3 Å². The van der Waals surface area contributed by atoms with E-state index >= 15 is 0 Å². The number of hydrogen-bond acceptors (Lipinski definition) is 2. The van der Waals surface area contributed by atoms with Crippen molar-refractivity contribution in [2.24, 2.45) is 10.8 Å². The molecule has 0 radical (unpaired) electrons. The van der Waals surface area contributed by atoms with E-state index in [1.54, 1.807) is 0 Å². The Labute approximate surface area is 118 Å². The second kappa shape index (κ2) is 6.45. The quantitative estimate of drug-likeness (QED) is 0.608. The lowest BCUT2D eigenvalue weighted by molar-refractivity contribution is -0.127. The zero-order valence-corrected chi connectivity index (χ0v) is 14.5. The lowest BCUT2D eigenvalue weighted by Crippen LogP contribution is -2.38. The van der Waals surface area contributed by atoms with Crippen molar-refractivity contribution in [3.63, 3.8) is 0 Å². The second-order valence-electron chi connectivity index (χ2n) is 7.96. The van der Waals surface area contributed by atoms with Crippen LogP contribution in [0.3, 0.4) is 0 Å². The molecular weight excluding hydrogens is 240 g/mol. The lowest BCUT2D eigenvalue weighted by atomic mass is 9.84. The molecule has 0 atom stereocenters. The molecule has 18 heavy (non-hydrogen) atoms. The van der Waals surface area contributed by atoms with Crippen molar-refractivity contribution in [2.45, 2.75) is 79.4 Å². The van der Waals surface area contributed by atoms with E-state index in [4.69, 9.17) is 0 Å². The first kappa shape index (κ1) is 18.0. The summed E-state index contributed by atoms with van der Waals surface area (Å²) in [5.74, 6) is 1.45. The van der Waals surface area contributed by atoms with Gasteiger partial charge in [-0.25, -0.2) is 0 Å². The maximum Gasteiger partial charge on any atom is 0.153 e. The molecule has 0 saturated carbocycles. The number of thioether (sulfide) groups is 1. The number of carbonyl (C=O) groups is 1. The van der Waals surface area contributed by atoms with Gasteiger partial charge in [-0.05, 0) is 37.9 Å². The third kappa shape index (κ3) is 7.45. The molecule has 0 aliphatic carbocycles. The third-order valence-electron chi connectivity index (χ3n) is 3.01. The lowest BCUT2D eigenvalue weighted by Gasteiger charge is -2.30. The van der Waals surface area contributed by atoms with Crippen LogP contribution in [0.15, 0.2) is 0 Å². The molecule has 108 valence electrons. The summed E-state index contributed by atoms with van der Waals surface area (Å²) in [6, 6.07) is 0. The second-order valence-corrected chi connectivity index (χ2v) is 9.67. The van der Waals surface area contributed by atoms with Gasteiger partial charge in [-0.15, -0.1) is 11.8 Å². The summed E-state index contributed by atoms with van der Waals surface area (Å²) in [6.07, 6.45) is 3.74. The van der Waals surface area contributed by atoms with E-state index in [-0.39, 0.29) is 10.2 Å². The normalized spacial score (nSPS) is 13.8. The molecule has 0 bridgehead atoms. The van der Waals surface area contributed by atoms with Crippen LogP contribution in [-0.4, -0.2) is 16.3 Å². The SMILES string of the molecule is CC(C)(C)CCCCSC(C)(C)C(=O)C(C)(C)C. The standard InChI is InChI=1S/C16H32OS/c1-14(2,3)11-9-10-12-18-16(7,8)13(17)15(4,5)6/h9-12H2,1-8H3. The average molecular weight is 272 g/mol. The molecule has 0 aliphatic heterocycles. The molecule has 0 N–H and O–H groups in total. The molecule has 2 heteroatoms. The van der Waals surface area contributed by atoms with Crippen LogP contribution in [-0.2, 0) is 4.79 Å². The summed E-state index contributed by atoms with van der Waals surface area (Å²) in [6.45, 7) is 17.0. The highest BCUT2D eigenvalue weighted by Gasteiger charge is 2.36. The first-order chi connectivity index (χ1) is 7.86. The van der Waals surface area contributed by atoms with Gasteiger partial charge in [-0.3, -0.25) is 4.79 Å². The Bertz CT molecular complexity index is 266. The minimum absolute atomic E-state index is 0.234. The molecule has 0 aromatic carbocycles. The highest BCUT2D eigenvalue weighted by molar-refractivity contribution is 8.01. The third-order valence-corrected chi connectivity index (χ3v) is 4.41. The maximum atomic E-state index is 12.3. The van der Waals surface area contributed by atoms with E-state index in [0.29, 0.717) is 11.2 Å². The Morgan fingerprint density at radius 1 is 0.889 bits per heavy atom. The Hall–Kier alpha value is 0.0200. The van der Waals surface area contributed by atoms with E-state index < -0.39 is 0 Å². The number of unbranched alkanes of at least 4 members (excludes halogenated alkanes) is 1. The first-order valence-corrected chi connectivity index (χ1v) is 8.04. The van der Waals surface area contributed by atoms with Gasteiger partial charge in [0.1, 0.15) is 0 Å². The van der Waals surface area contributed by atoms with Crippen molar-refractivity contribution in [1.82, 2.24) is 0 Å². The van der Waals surface area contributed by atoms with Gasteiger partial charge in [0.15, 0.2) is 5.78 Å². The monoisotopic (exact) mass is 272 g/mol. The Kier molecular flexibility index (Phi) is 6.46. The van der Waals surface area contributed by atoms with Crippen LogP contribution in [0.1, 0.15) is 74.7 Å². The van der Waals surface area contributed by atoms with Crippen molar-refractivity contribution in [1.29, 1.82) is 0 Å². The van der Waals surface area contributed by atoms with Gasteiger partial charge in [-0.1, -0.05) is 48.0 Å². The molecule has 0 heterocycles. The Morgan fingerprint density at radius 3 is 1.78 bits per heavy atom. The van der Waals surface area contributed by atoms with E-state index in [0.717, 1.165) is 5.75 Å². The minimum atomic E-state index is -0.250. The maximum absolute atomic E-state index is 12.3. The largest absolute Gasteiger partial charge is 0.298 e. The van der Waals surface area contributed by atoms with Crippen molar-refractivity contribution in [3.8, 4) is 0 Å². The molecule has 0 unspecified atom stereocenters. The van der Waals surface area contributed by atoms with Crippen LogP contribution in [0.25, 0.3) is 0 Å². The first-order valence-electron chi connectivity index (χ1n) is 7.05. The predicted octanol–water partition coefficient (Wildman–Crippen LogP) is 5.33. The summed E-state index contributed by atoms with van der Waals surface area (Å²) in [4.78, 5) is 12.3. The summed E-state index contributed by atoms with van der Waals surface area (Å²) >= 11 is 1.81. The minimum Gasteiger partial charge on any atom is -0.298 e. The number of carbonyl (C=O) groups excluding carboxylic acids is 1. The molecule has 1 nitrogen and oxygen atoms in total. The highest BCUT2D eigenvalue weighted by atomic mass is 32.2. The van der Waals surface area contributed by atoms with E-state index in [9.17, 15) is 4.79 Å². The molecule has 0 rings (SSSR count). The van der Waals surface area contributed by atoms with Crippen LogP contribution in [0, 0.1) is 10.8 Å². The summed E-state index contributed by atoms with van der Waals surface area (Å²) < 4.78 is -0.250. The predicted molar refractivity (Wildman–Crippen MR) is 84.3 cm³/mol. The number of ketones is 1. The Balaban J connectivity index is 4.03. The molecule has 0 aliphatic rings. The molecule has 0 amide bonds. The van der Waals surface area contributed by atoms with Crippen LogP contribution < -0.4 is 0 Å². The molecule has 0 aromatic rings. The molecule has 0 spiro atoms. The molecular formula is C16H32OS. The van der Waals surface area contributed by atoms with Crippen LogP contribution in [0.2, 0.25) is 0 Å². The fourth-order valence-corrected chi connectivity index (χ4v) is 3.35.